The smallest absolute Gasteiger partial charge is 0.223 e. The van der Waals surface area contributed by atoms with E-state index in [9.17, 15) is 4.79 Å². The van der Waals surface area contributed by atoms with Crippen LogP contribution in [0.25, 0.3) is 16.6 Å². The number of fused-ring (bicyclic) bond motifs is 1. The molecule has 0 bridgehead atoms. The number of nitrogens with zero attached hydrogens (tertiary/aromatic N) is 3. The molecule has 39 heavy (non-hydrogen) atoms. The molecule has 0 aliphatic carbocycles. The average molecular weight is 519 g/mol. The molecule has 1 aliphatic rings. The van der Waals surface area contributed by atoms with E-state index >= 15 is 0 Å². The number of aromatic amines is 1. The van der Waals surface area contributed by atoms with E-state index in [1.807, 2.05) is 36.5 Å². The van der Waals surface area contributed by atoms with E-state index in [0.717, 1.165) is 72.6 Å². The van der Waals surface area contributed by atoms with Gasteiger partial charge >= 0.3 is 0 Å². The Morgan fingerprint density at radius 1 is 0.897 bits per heavy atom. The number of aromatic nitrogens is 4. The van der Waals surface area contributed by atoms with Gasteiger partial charge in [0.2, 0.25) is 5.91 Å². The lowest BCUT2D eigenvalue weighted by Crippen LogP contribution is -2.40. The first-order valence-corrected chi connectivity index (χ1v) is 13.9. The van der Waals surface area contributed by atoms with E-state index in [-0.39, 0.29) is 17.9 Å². The molecule has 7 heteroatoms. The third-order valence-corrected chi connectivity index (χ3v) is 7.69. The van der Waals surface area contributed by atoms with Gasteiger partial charge in [0, 0.05) is 41.5 Å². The van der Waals surface area contributed by atoms with Gasteiger partial charge in [0.1, 0.15) is 5.82 Å². The summed E-state index contributed by atoms with van der Waals surface area (Å²) < 4.78 is 2.14. The van der Waals surface area contributed by atoms with E-state index in [0.29, 0.717) is 6.42 Å². The fourth-order valence-corrected chi connectivity index (χ4v) is 5.58. The predicted molar refractivity (Wildman–Crippen MR) is 154 cm³/mol. The molecule has 0 radical (unpaired) electrons. The standard InChI is InChI=1S/C32H34N6O/c39-32(24-17-19-33-20-18-24)35-29(21-25-22-34-28-14-8-7-13-27(25)28)31-37-36-30(16-15-23-9-3-1-4-10-23)38(31)26-11-5-2-6-12-26/h1-14,22,24,29,33-34H,15-21H2,(H,35,39)/t29-/m1/s1. The van der Waals surface area contributed by atoms with Crippen LogP contribution in [0.15, 0.2) is 91.1 Å². The minimum Gasteiger partial charge on any atom is -0.361 e. The molecule has 3 aromatic carbocycles. The second-order valence-electron chi connectivity index (χ2n) is 10.3. The summed E-state index contributed by atoms with van der Waals surface area (Å²) in [5, 5.41) is 17.3. The van der Waals surface area contributed by atoms with Crippen LogP contribution in [0.3, 0.4) is 0 Å². The first kappa shape index (κ1) is 25.1. The summed E-state index contributed by atoms with van der Waals surface area (Å²) in [7, 11) is 0. The van der Waals surface area contributed by atoms with Crippen molar-refractivity contribution >= 4 is 16.8 Å². The van der Waals surface area contributed by atoms with Gasteiger partial charge in [-0.25, -0.2) is 0 Å². The van der Waals surface area contributed by atoms with Gasteiger partial charge < -0.3 is 15.6 Å². The van der Waals surface area contributed by atoms with E-state index in [4.69, 9.17) is 5.10 Å². The number of hydrogen-bond acceptors (Lipinski definition) is 4. The van der Waals surface area contributed by atoms with Crippen LogP contribution < -0.4 is 10.6 Å². The molecule has 0 spiro atoms. The van der Waals surface area contributed by atoms with Gasteiger partial charge in [-0.1, -0.05) is 66.7 Å². The highest BCUT2D eigenvalue weighted by atomic mass is 16.2. The van der Waals surface area contributed by atoms with E-state index < -0.39 is 0 Å². The van der Waals surface area contributed by atoms with Crippen LogP contribution in [-0.2, 0) is 24.1 Å². The average Bonchev–Trinajstić information content (AvgIpc) is 3.61. The highest BCUT2D eigenvalue weighted by molar-refractivity contribution is 5.83. The maximum atomic E-state index is 13.5. The van der Waals surface area contributed by atoms with Crippen LogP contribution in [0.2, 0.25) is 0 Å². The molecule has 198 valence electrons. The molecule has 1 amide bonds. The molecule has 6 rings (SSSR count). The van der Waals surface area contributed by atoms with Crippen molar-refractivity contribution in [2.24, 2.45) is 5.92 Å². The lowest BCUT2D eigenvalue weighted by Gasteiger charge is -2.25. The summed E-state index contributed by atoms with van der Waals surface area (Å²) in [6.45, 7) is 1.74. The second-order valence-corrected chi connectivity index (χ2v) is 10.3. The van der Waals surface area contributed by atoms with Gasteiger partial charge in [-0.2, -0.15) is 0 Å². The molecule has 1 atom stereocenters. The van der Waals surface area contributed by atoms with E-state index in [1.165, 1.54) is 5.56 Å². The maximum absolute atomic E-state index is 13.5. The van der Waals surface area contributed by atoms with Crippen LogP contribution >= 0.6 is 0 Å². The number of rotatable bonds is 9. The molecule has 7 nitrogen and oxygen atoms in total. The summed E-state index contributed by atoms with van der Waals surface area (Å²) in [5.74, 6) is 1.74. The largest absolute Gasteiger partial charge is 0.361 e. The normalized spacial score (nSPS) is 14.9. The van der Waals surface area contributed by atoms with Gasteiger partial charge in [-0.05, 0) is 61.7 Å². The first-order chi connectivity index (χ1) is 19.3. The highest BCUT2D eigenvalue weighted by Crippen LogP contribution is 2.27. The third-order valence-electron chi connectivity index (χ3n) is 7.69. The zero-order valence-corrected chi connectivity index (χ0v) is 22.0. The summed E-state index contributed by atoms with van der Waals surface area (Å²) >= 11 is 0. The predicted octanol–water partition coefficient (Wildman–Crippen LogP) is 4.93. The number of amides is 1. The molecule has 1 saturated heterocycles. The number of para-hydroxylation sites is 2. The molecule has 5 aromatic rings. The van der Waals surface area contributed by atoms with Crippen molar-refractivity contribution in [3.8, 4) is 5.69 Å². The molecular formula is C32H34N6O. The van der Waals surface area contributed by atoms with Crippen molar-refractivity contribution in [1.82, 2.24) is 30.4 Å². The summed E-state index contributed by atoms with van der Waals surface area (Å²) in [5.41, 5.74) is 4.50. The van der Waals surface area contributed by atoms with Crippen LogP contribution in [-0.4, -0.2) is 38.7 Å². The topological polar surface area (TPSA) is 87.6 Å². The summed E-state index contributed by atoms with van der Waals surface area (Å²) in [6, 6.07) is 28.6. The van der Waals surface area contributed by atoms with Gasteiger partial charge in [-0.15, -0.1) is 10.2 Å². The molecule has 1 aliphatic heterocycles. The zero-order valence-electron chi connectivity index (χ0n) is 22.0. The van der Waals surface area contributed by atoms with Gasteiger partial charge in [0.05, 0.1) is 6.04 Å². The van der Waals surface area contributed by atoms with Crippen molar-refractivity contribution < 1.29 is 4.79 Å². The van der Waals surface area contributed by atoms with Crippen LogP contribution in [0, 0.1) is 5.92 Å². The van der Waals surface area contributed by atoms with Crippen LogP contribution in [0.1, 0.15) is 41.7 Å². The van der Waals surface area contributed by atoms with Crippen molar-refractivity contribution in [3.63, 3.8) is 0 Å². The maximum Gasteiger partial charge on any atom is 0.223 e. The fraction of sp³-hybridized carbons (Fsp3) is 0.281. The molecule has 1 fully saturated rings. The Morgan fingerprint density at radius 2 is 1.62 bits per heavy atom. The summed E-state index contributed by atoms with van der Waals surface area (Å²) in [6.07, 6.45) is 5.96. The van der Waals surface area contributed by atoms with Crippen LogP contribution in [0.5, 0.6) is 0 Å². The Morgan fingerprint density at radius 3 is 2.41 bits per heavy atom. The SMILES string of the molecule is O=C(N[C@H](Cc1c[nH]c2ccccc12)c1nnc(CCc2ccccc2)n1-c1ccccc1)C1CCNCC1. The van der Waals surface area contributed by atoms with E-state index in [2.05, 4.69) is 79.9 Å². The van der Waals surface area contributed by atoms with E-state index in [1.54, 1.807) is 0 Å². The molecule has 0 saturated carbocycles. The Bertz CT molecular complexity index is 1520. The number of piperidine rings is 1. The highest BCUT2D eigenvalue weighted by Gasteiger charge is 2.29. The number of hydrogen-bond donors (Lipinski definition) is 3. The number of H-pyrrole nitrogens is 1. The fourth-order valence-electron chi connectivity index (χ4n) is 5.58. The van der Waals surface area contributed by atoms with Crippen molar-refractivity contribution in [1.29, 1.82) is 0 Å². The number of benzene rings is 3. The Labute approximate surface area is 228 Å². The minimum absolute atomic E-state index is 0.00219. The van der Waals surface area contributed by atoms with Gasteiger partial charge in [-0.3, -0.25) is 9.36 Å². The molecule has 0 unspecified atom stereocenters. The Balaban J connectivity index is 1.38. The second kappa shape index (κ2) is 11.7. The number of nitrogens with one attached hydrogen (secondary N) is 3. The number of carbonyl (C=O) groups is 1. The lowest BCUT2D eigenvalue weighted by molar-refractivity contribution is -0.126. The third kappa shape index (κ3) is 5.64. The molecule has 3 N–H and O–H groups in total. The van der Waals surface area contributed by atoms with Crippen molar-refractivity contribution in [2.45, 2.75) is 38.1 Å². The van der Waals surface area contributed by atoms with Gasteiger partial charge in [0.25, 0.3) is 0 Å². The molecular weight excluding hydrogens is 484 g/mol. The van der Waals surface area contributed by atoms with Gasteiger partial charge in [0.15, 0.2) is 5.82 Å². The molecule has 2 aromatic heterocycles. The number of aryl methyl sites for hydroxylation is 2. The van der Waals surface area contributed by atoms with Crippen LogP contribution in [0.4, 0.5) is 0 Å². The molecule has 3 heterocycles. The first-order valence-electron chi connectivity index (χ1n) is 13.9. The Kier molecular flexibility index (Phi) is 7.50. The monoisotopic (exact) mass is 518 g/mol. The lowest BCUT2D eigenvalue weighted by atomic mass is 9.96. The number of carbonyl (C=O) groups excluding carboxylic acids is 1. The van der Waals surface area contributed by atoms with Crippen molar-refractivity contribution in [2.75, 3.05) is 13.1 Å². The zero-order chi connectivity index (χ0) is 26.4. The summed E-state index contributed by atoms with van der Waals surface area (Å²) in [4.78, 5) is 16.9. The van der Waals surface area contributed by atoms with Crippen molar-refractivity contribution in [3.05, 3.63) is 114 Å². The Hall–Kier alpha value is -4.23. The quantitative estimate of drug-likeness (QED) is 0.258. The minimum atomic E-state index is -0.329.